The maximum absolute atomic E-state index is 6.11. The van der Waals surface area contributed by atoms with Gasteiger partial charge in [0.25, 0.3) is 0 Å². The van der Waals surface area contributed by atoms with Gasteiger partial charge in [0.05, 0.1) is 46.8 Å². The second-order valence-corrected chi connectivity index (χ2v) is 13.3. The van der Waals surface area contributed by atoms with Gasteiger partial charge in [0.2, 0.25) is 0 Å². The predicted octanol–water partition coefficient (Wildman–Crippen LogP) is 9.42. The summed E-state index contributed by atoms with van der Waals surface area (Å²) in [5, 5.41) is 0. The molecule has 0 aromatic heterocycles. The molecule has 0 unspecified atom stereocenters. The molecule has 2 aliphatic heterocycles. The van der Waals surface area contributed by atoms with Gasteiger partial charge in [0.1, 0.15) is 11.5 Å². The van der Waals surface area contributed by atoms with Crippen LogP contribution < -0.4 is 9.47 Å². The number of unbranched alkanes of at least 4 members (excludes halogenated alkanes) is 14. The fraction of sp³-hybridized carbons (Fsp3) is 0.812. The van der Waals surface area contributed by atoms with Crippen molar-refractivity contribution in [1.82, 2.24) is 0 Å². The maximum Gasteiger partial charge on any atom is 0.157 e. The molecule has 3 rings (SSSR count). The molecule has 6 nitrogen and oxygen atoms in total. The van der Waals surface area contributed by atoms with Crippen molar-refractivity contribution < 1.29 is 28.4 Å². The zero-order valence-corrected chi connectivity index (χ0v) is 28.8. The Morgan fingerprint density at radius 1 is 0.475 bits per heavy atom. The molecule has 2 saturated heterocycles. The van der Waals surface area contributed by atoms with Crippen LogP contribution in [0.2, 0.25) is 0 Å². The molecular weight excluding hydrogens is 734 g/mol. The fourth-order valence-electron chi connectivity index (χ4n) is 5.19. The first kappa shape index (κ1) is 34.6. The number of ether oxygens (including phenoxy) is 6. The van der Waals surface area contributed by atoms with Crippen LogP contribution >= 0.6 is 45.2 Å². The summed E-state index contributed by atoms with van der Waals surface area (Å²) in [6.07, 6.45) is 22.5. The zero-order valence-electron chi connectivity index (χ0n) is 24.5. The van der Waals surface area contributed by atoms with Crippen molar-refractivity contribution in [1.29, 1.82) is 0 Å². The van der Waals surface area contributed by atoms with Crippen LogP contribution in [-0.2, 0) is 18.9 Å². The Balaban J connectivity index is 1.11. The third-order valence-electron chi connectivity index (χ3n) is 7.55. The number of hydrogen-bond donors (Lipinski definition) is 0. The van der Waals surface area contributed by atoms with Crippen molar-refractivity contribution in [2.24, 2.45) is 0 Å². The quantitative estimate of drug-likeness (QED) is 0.0770. The number of benzene rings is 1. The van der Waals surface area contributed by atoms with Gasteiger partial charge in [0.15, 0.2) is 12.6 Å². The molecule has 0 radical (unpaired) electrons. The van der Waals surface area contributed by atoms with Gasteiger partial charge >= 0.3 is 0 Å². The maximum atomic E-state index is 6.11. The van der Waals surface area contributed by atoms with Crippen LogP contribution in [0.15, 0.2) is 12.1 Å². The van der Waals surface area contributed by atoms with E-state index in [2.05, 4.69) is 57.3 Å². The van der Waals surface area contributed by atoms with E-state index in [0.29, 0.717) is 0 Å². The molecular formula is C32H52I2O6. The highest BCUT2D eigenvalue weighted by atomic mass is 127. The minimum absolute atomic E-state index is 0.0690. The Kier molecular flexibility index (Phi) is 19.6. The van der Waals surface area contributed by atoms with Crippen LogP contribution in [0.1, 0.15) is 116 Å². The van der Waals surface area contributed by atoms with Crippen molar-refractivity contribution in [3.63, 3.8) is 0 Å². The highest BCUT2D eigenvalue weighted by Crippen LogP contribution is 2.31. The Hall–Kier alpha value is 0.120. The minimum Gasteiger partial charge on any atom is -0.492 e. The second kappa shape index (κ2) is 22.6. The molecule has 0 spiro atoms. The van der Waals surface area contributed by atoms with Crippen LogP contribution in [0.25, 0.3) is 0 Å². The van der Waals surface area contributed by atoms with Crippen molar-refractivity contribution in [3.05, 3.63) is 19.3 Å². The van der Waals surface area contributed by atoms with E-state index in [1.807, 2.05) is 0 Å². The summed E-state index contributed by atoms with van der Waals surface area (Å²) in [5.41, 5.74) is 0. The lowest BCUT2D eigenvalue weighted by Gasteiger charge is -2.13. The second-order valence-electron chi connectivity index (χ2n) is 11.0. The van der Waals surface area contributed by atoms with E-state index in [0.717, 1.165) is 84.0 Å². The number of halogens is 2. The highest BCUT2D eigenvalue weighted by Gasteiger charge is 2.15. The van der Waals surface area contributed by atoms with Crippen molar-refractivity contribution in [2.75, 3.05) is 39.6 Å². The minimum atomic E-state index is 0.0690. The SMILES string of the molecule is Ic1cc(OCCCCCCCCCCC2OCCO2)c(I)cc1OCCCCCCCCCCC1OCCO1. The van der Waals surface area contributed by atoms with E-state index in [1.165, 1.54) is 89.9 Å². The molecule has 230 valence electrons. The standard InChI is InChI=1S/C32H52I2O6/c33-27-26-30(36-20-16-12-8-4-2-6-10-14-18-32-39-23-24-40-32)28(34)25-29(27)35-19-15-11-7-3-1-5-9-13-17-31-37-21-22-38-31/h25-26,31-32H,1-24H2. The summed E-state index contributed by atoms with van der Waals surface area (Å²) in [5.74, 6) is 1.96. The van der Waals surface area contributed by atoms with E-state index in [9.17, 15) is 0 Å². The van der Waals surface area contributed by atoms with Gasteiger partial charge in [-0.1, -0.05) is 77.0 Å². The molecule has 40 heavy (non-hydrogen) atoms. The number of rotatable bonds is 24. The summed E-state index contributed by atoms with van der Waals surface area (Å²) in [7, 11) is 0. The van der Waals surface area contributed by atoms with Crippen molar-refractivity contribution >= 4 is 45.2 Å². The highest BCUT2D eigenvalue weighted by molar-refractivity contribution is 14.1. The average Bonchev–Trinajstić information content (AvgIpc) is 3.67. The molecule has 0 atom stereocenters. The molecule has 0 amide bonds. The van der Waals surface area contributed by atoms with E-state index < -0.39 is 0 Å². The zero-order chi connectivity index (χ0) is 28.1. The average molecular weight is 787 g/mol. The number of hydrogen-bond acceptors (Lipinski definition) is 6. The Labute approximate surface area is 270 Å². The first-order chi connectivity index (χ1) is 19.7. The molecule has 8 heteroatoms. The van der Waals surface area contributed by atoms with Gasteiger partial charge < -0.3 is 28.4 Å². The fourth-order valence-corrected chi connectivity index (χ4v) is 6.38. The van der Waals surface area contributed by atoms with Gasteiger partial charge in [-0.2, -0.15) is 0 Å². The Morgan fingerprint density at radius 2 is 0.775 bits per heavy atom. The van der Waals surface area contributed by atoms with Crippen LogP contribution in [-0.4, -0.2) is 52.2 Å². The summed E-state index contributed by atoms with van der Waals surface area (Å²) in [6.45, 7) is 4.64. The van der Waals surface area contributed by atoms with Gasteiger partial charge in [-0.15, -0.1) is 0 Å². The molecule has 2 aliphatic rings. The first-order valence-electron chi connectivity index (χ1n) is 15.9. The van der Waals surface area contributed by atoms with Crippen LogP contribution in [0.3, 0.4) is 0 Å². The normalized spacial score (nSPS) is 16.2. The lowest BCUT2D eigenvalue weighted by molar-refractivity contribution is -0.0482. The molecule has 0 aliphatic carbocycles. The lowest BCUT2D eigenvalue weighted by atomic mass is 10.1. The summed E-state index contributed by atoms with van der Waals surface area (Å²) in [4.78, 5) is 0. The van der Waals surface area contributed by atoms with E-state index in [1.54, 1.807) is 0 Å². The van der Waals surface area contributed by atoms with E-state index in [4.69, 9.17) is 28.4 Å². The summed E-state index contributed by atoms with van der Waals surface area (Å²) in [6, 6.07) is 4.26. The molecule has 2 heterocycles. The smallest absolute Gasteiger partial charge is 0.157 e. The topological polar surface area (TPSA) is 55.4 Å². The van der Waals surface area contributed by atoms with Gasteiger partial charge in [-0.3, -0.25) is 0 Å². The lowest BCUT2D eigenvalue weighted by Crippen LogP contribution is -2.06. The third-order valence-corrected chi connectivity index (χ3v) is 9.24. The predicted molar refractivity (Wildman–Crippen MR) is 177 cm³/mol. The van der Waals surface area contributed by atoms with Gasteiger partial charge in [-0.25, -0.2) is 0 Å². The molecule has 0 saturated carbocycles. The van der Waals surface area contributed by atoms with Gasteiger partial charge in [-0.05, 0) is 95.8 Å². The van der Waals surface area contributed by atoms with Crippen LogP contribution in [0, 0.1) is 7.14 Å². The van der Waals surface area contributed by atoms with Crippen LogP contribution in [0.4, 0.5) is 0 Å². The molecule has 2 fully saturated rings. The molecule has 0 N–H and O–H groups in total. The third kappa shape index (κ3) is 15.5. The first-order valence-corrected chi connectivity index (χ1v) is 18.1. The van der Waals surface area contributed by atoms with Crippen LogP contribution in [0.5, 0.6) is 11.5 Å². The molecule has 1 aromatic rings. The monoisotopic (exact) mass is 786 g/mol. The molecule has 0 bridgehead atoms. The summed E-state index contributed by atoms with van der Waals surface area (Å²) < 4.78 is 36.4. The summed E-state index contributed by atoms with van der Waals surface area (Å²) >= 11 is 4.74. The van der Waals surface area contributed by atoms with Crippen molar-refractivity contribution in [2.45, 2.75) is 128 Å². The Morgan fingerprint density at radius 3 is 1.12 bits per heavy atom. The molecule has 1 aromatic carbocycles. The Bertz CT molecular complexity index is 704. The van der Waals surface area contributed by atoms with Crippen molar-refractivity contribution in [3.8, 4) is 11.5 Å². The van der Waals surface area contributed by atoms with Gasteiger partial charge in [0, 0.05) is 0 Å². The van der Waals surface area contributed by atoms with E-state index >= 15 is 0 Å². The van der Waals surface area contributed by atoms with E-state index in [-0.39, 0.29) is 12.6 Å². The largest absolute Gasteiger partial charge is 0.492 e.